The van der Waals surface area contributed by atoms with E-state index in [1.807, 2.05) is 4.90 Å². The van der Waals surface area contributed by atoms with Crippen molar-refractivity contribution < 1.29 is 13.2 Å². The van der Waals surface area contributed by atoms with E-state index in [1.54, 1.807) is 6.07 Å². The number of hydrogen-bond donors (Lipinski definition) is 1. The summed E-state index contributed by atoms with van der Waals surface area (Å²) in [6.07, 6.45) is 5.55. The first-order valence-electron chi connectivity index (χ1n) is 9.09. The number of sulfone groups is 1. The Hall–Kier alpha value is -2.41. The fourth-order valence-electron chi connectivity index (χ4n) is 3.35. The third-order valence-corrected chi connectivity index (χ3v) is 5.82. The summed E-state index contributed by atoms with van der Waals surface area (Å²) in [5, 5.41) is 2.81. The number of aryl methyl sites for hydroxylation is 1. The van der Waals surface area contributed by atoms with Crippen LogP contribution in [0.3, 0.4) is 0 Å². The van der Waals surface area contributed by atoms with Crippen LogP contribution < -0.4 is 5.32 Å². The fourth-order valence-corrected chi connectivity index (χ4v) is 3.91. The normalized spacial score (nSPS) is 17.6. The number of nitrogens with one attached hydrogen (secondary N) is 1. The molecule has 1 aliphatic heterocycles. The van der Waals surface area contributed by atoms with Gasteiger partial charge in [0, 0.05) is 19.3 Å². The molecule has 1 aromatic carbocycles. The van der Waals surface area contributed by atoms with Gasteiger partial charge in [0.05, 0.1) is 11.9 Å². The largest absolute Gasteiger partial charge is 0.324 e. The summed E-state index contributed by atoms with van der Waals surface area (Å²) in [6.45, 7) is 3.52. The van der Waals surface area contributed by atoms with E-state index >= 15 is 0 Å². The van der Waals surface area contributed by atoms with Gasteiger partial charge in [-0.3, -0.25) is 0 Å². The monoisotopic (exact) mass is 387 g/mol. The molecule has 144 valence electrons. The van der Waals surface area contributed by atoms with Gasteiger partial charge < -0.3 is 10.2 Å². The molecule has 6 nitrogen and oxygen atoms in total. The molecule has 2 aromatic rings. The molecular weight excluding hydrogens is 362 g/mol. The molecule has 3 rings (SSSR count). The average molecular weight is 388 g/mol. The zero-order valence-electron chi connectivity index (χ0n) is 15.7. The summed E-state index contributed by atoms with van der Waals surface area (Å²) < 4.78 is 22.9. The van der Waals surface area contributed by atoms with Gasteiger partial charge in [-0.1, -0.05) is 29.8 Å². The molecule has 1 aliphatic rings. The van der Waals surface area contributed by atoms with E-state index in [0.29, 0.717) is 18.2 Å². The van der Waals surface area contributed by atoms with E-state index in [1.165, 1.54) is 23.4 Å². The van der Waals surface area contributed by atoms with Gasteiger partial charge in [0.25, 0.3) is 0 Å². The highest BCUT2D eigenvalue weighted by Crippen LogP contribution is 2.22. The summed E-state index contributed by atoms with van der Waals surface area (Å²) >= 11 is 0. The molecule has 0 unspecified atom stereocenters. The van der Waals surface area contributed by atoms with Crippen molar-refractivity contribution in [3.8, 4) is 0 Å². The highest BCUT2D eigenvalue weighted by Gasteiger charge is 2.24. The van der Waals surface area contributed by atoms with E-state index in [2.05, 4.69) is 41.5 Å². The predicted octanol–water partition coefficient (Wildman–Crippen LogP) is 3.28. The van der Waals surface area contributed by atoms with Crippen LogP contribution in [0.15, 0.2) is 47.6 Å². The molecule has 0 spiro atoms. The van der Waals surface area contributed by atoms with Crippen molar-refractivity contribution in [3.63, 3.8) is 0 Å². The Morgan fingerprint density at radius 2 is 1.96 bits per heavy atom. The molecule has 1 saturated heterocycles. The van der Waals surface area contributed by atoms with Crippen molar-refractivity contribution in [2.45, 2.75) is 31.2 Å². The van der Waals surface area contributed by atoms with Crippen LogP contribution in [-0.2, 0) is 16.3 Å². The maximum Gasteiger partial charge on any atom is 0.321 e. The minimum absolute atomic E-state index is 0.00312. The Morgan fingerprint density at radius 3 is 2.59 bits per heavy atom. The second-order valence-corrected chi connectivity index (χ2v) is 9.19. The predicted molar refractivity (Wildman–Crippen MR) is 106 cm³/mol. The number of urea groups is 1. The average Bonchev–Trinajstić information content (AvgIpc) is 2.63. The lowest BCUT2D eigenvalue weighted by atomic mass is 9.91. The minimum atomic E-state index is -3.34. The van der Waals surface area contributed by atoms with Crippen LogP contribution in [-0.4, -0.2) is 43.7 Å². The molecule has 1 aromatic heterocycles. The Morgan fingerprint density at radius 1 is 1.22 bits per heavy atom. The molecule has 2 amide bonds. The summed E-state index contributed by atoms with van der Waals surface area (Å²) in [7, 11) is -3.34. The first-order valence-corrected chi connectivity index (χ1v) is 11.0. The van der Waals surface area contributed by atoms with Gasteiger partial charge in [-0.2, -0.15) is 0 Å². The number of nitrogens with zero attached hydrogens (tertiary/aromatic N) is 2. The van der Waals surface area contributed by atoms with Crippen LogP contribution >= 0.6 is 0 Å². The van der Waals surface area contributed by atoms with Gasteiger partial charge in [-0.15, -0.1) is 0 Å². The summed E-state index contributed by atoms with van der Waals surface area (Å²) in [4.78, 5) is 18.3. The summed E-state index contributed by atoms with van der Waals surface area (Å²) in [6, 6.07) is 11.4. The third kappa shape index (κ3) is 5.29. The van der Waals surface area contributed by atoms with Gasteiger partial charge in [-0.05, 0) is 49.8 Å². The third-order valence-electron chi connectivity index (χ3n) is 4.82. The molecular formula is C20H25N3O3S. The molecule has 0 bridgehead atoms. The number of aromatic nitrogens is 1. The number of hydrogen-bond acceptors (Lipinski definition) is 4. The van der Waals surface area contributed by atoms with Crippen LogP contribution in [0.5, 0.6) is 0 Å². The van der Waals surface area contributed by atoms with Gasteiger partial charge in [-0.25, -0.2) is 18.2 Å². The second-order valence-electron chi connectivity index (χ2n) is 7.23. The van der Waals surface area contributed by atoms with E-state index in [0.717, 1.165) is 32.1 Å². The first kappa shape index (κ1) is 19.4. The van der Waals surface area contributed by atoms with Crippen molar-refractivity contribution in [2.24, 2.45) is 5.92 Å². The molecule has 0 aliphatic carbocycles. The van der Waals surface area contributed by atoms with Crippen LogP contribution in [0, 0.1) is 12.8 Å². The molecule has 7 heteroatoms. The summed E-state index contributed by atoms with van der Waals surface area (Å²) in [5.41, 5.74) is 3.04. The van der Waals surface area contributed by atoms with Crippen molar-refractivity contribution in [1.29, 1.82) is 0 Å². The Kier molecular flexibility index (Phi) is 5.79. The maximum absolute atomic E-state index is 12.6. The second kappa shape index (κ2) is 8.08. The zero-order chi connectivity index (χ0) is 19.4. The standard InChI is InChI=1S/C20H25N3O3S/c1-15-5-7-16(8-6-15)12-17-4-3-11-23(14-17)20(24)22-18-9-10-19(21-13-18)27(2,25)26/h5-10,13,17H,3-4,11-12,14H2,1-2H3,(H,22,24)/t17-/m1/s1. The van der Waals surface area contributed by atoms with Crippen molar-refractivity contribution in [1.82, 2.24) is 9.88 Å². The molecule has 0 saturated carbocycles. The lowest BCUT2D eigenvalue weighted by Crippen LogP contribution is -2.42. The number of carbonyl (C=O) groups excluding carboxylic acids is 1. The van der Waals surface area contributed by atoms with Crippen LogP contribution in [0.1, 0.15) is 24.0 Å². The molecule has 1 N–H and O–H groups in total. The first-order chi connectivity index (χ1) is 12.8. The number of anilines is 1. The number of pyridine rings is 1. The zero-order valence-corrected chi connectivity index (χ0v) is 16.5. The van der Waals surface area contributed by atoms with Crippen molar-refractivity contribution >= 4 is 21.6 Å². The number of rotatable bonds is 4. The summed E-state index contributed by atoms with van der Waals surface area (Å²) in [5.74, 6) is 0.443. The van der Waals surface area contributed by atoms with Gasteiger partial charge in [0.2, 0.25) is 0 Å². The fraction of sp³-hybridized carbons (Fsp3) is 0.400. The number of benzene rings is 1. The van der Waals surface area contributed by atoms with Gasteiger partial charge >= 0.3 is 6.03 Å². The van der Waals surface area contributed by atoms with Gasteiger partial charge in [0.15, 0.2) is 14.9 Å². The van der Waals surface area contributed by atoms with Crippen LogP contribution in [0.4, 0.5) is 10.5 Å². The Bertz CT molecular complexity index is 893. The SMILES string of the molecule is Cc1ccc(C[C@H]2CCCN(C(=O)Nc3ccc(S(C)(=O)=O)nc3)C2)cc1. The quantitative estimate of drug-likeness (QED) is 0.873. The molecule has 0 radical (unpaired) electrons. The molecule has 27 heavy (non-hydrogen) atoms. The highest BCUT2D eigenvalue weighted by molar-refractivity contribution is 7.90. The van der Waals surface area contributed by atoms with E-state index in [4.69, 9.17) is 0 Å². The van der Waals surface area contributed by atoms with Crippen LogP contribution in [0.2, 0.25) is 0 Å². The van der Waals surface area contributed by atoms with Crippen molar-refractivity contribution in [3.05, 3.63) is 53.7 Å². The van der Waals surface area contributed by atoms with Crippen molar-refractivity contribution in [2.75, 3.05) is 24.7 Å². The lowest BCUT2D eigenvalue weighted by molar-refractivity contribution is 0.177. The maximum atomic E-state index is 12.6. The topological polar surface area (TPSA) is 79.4 Å². The molecule has 1 fully saturated rings. The number of carbonyl (C=O) groups is 1. The van der Waals surface area contributed by atoms with E-state index in [9.17, 15) is 13.2 Å². The minimum Gasteiger partial charge on any atom is -0.324 e. The van der Waals surface area contributed by atoms with Gasteiger partial charge in [0.1, 0.15) is 0 Å². The Labute approximate surface area is 160 Å². The smallest absolute Gasteiger partial charge is 0.321 e. The van der Waals surface area contributed by atoms with E-state index < -0.39 is 9.84 Å². The lowest BCUT2D eigenvalue weighted by Gasteiger charge is -2.33. The van der Waals surface area contributed by atoms with E-state index in [-0.39, 0.29) is 11.1 Å². The number of piperidine rings is 1. The molecule has 2 heterocycles. The highest BCUT2D eigenvalue weighted by atomic mass is 32.2. The molecule has 1 atom stereocenters. The number of amides is 2. The number of likely N-dealkylation sites (tertiary alicyclic amines) is 1. The van der Waals surface area contributed by atoms with Crippen LogP contribution in [0.25, 0.3) is 0 Å². The Balaban J connectivity index is 1.58.